The predicted octanol–water partition coefficient (Wildman–Crippen LogP) is 3.41. The maximum Gasteiger partial charge on any atom is 0.263 e. The van der Waals surface area contributed by atoms with Crippen molar-refractivity contribution in [2.24, 2.45) is 0 Å². The summed E-state index contributed by atoms with van der Waals surface area (Å²) in [5.41, 5.74) is 2.42. The molecule has 0 aliphatic rings. The number of amides is 1. The number of aromatic nitrogens is 2. The molecule has 3 rings (SSSR count). The largest absolute Gasteiger partial charge is 0.484 e. The minimum atomic E-state index is -0.288. The zero-order valence-corrected chi connectivity index (χ0v) is 14.5. The molecule has 0 fully saturated rings. The number of para-hydroxylation sites is 1. The van der Waals surface area contributed by atoms with Crippen molar-refractivity contribution in [3.8, 4) is 5.75 Å². The van der Waals surface area contributed by atoms with Crippen molar-refractivity contribution >= 4 is 17.5 Å². The monoisotopic (exact) mass is 348 g/mol. The molecule has 0 spiro atoms. The van der Waals surface area contributed by atoms with E-state index in [-0.39, 0.29) is 12.5 Å². The van der Waals surface area contributed by atoms with E-state index in [1.807, 2.05) is 30.3 Å². The topological polar surface area (TPSA) is 76.1 Å². The van der Waals surface area contributed by atoms with Gasteiger partial charge in [0.2, 0.25) is 0 Å². The summed E-state index contributed by atoms with van der Waals surface area (Å²) in [5.74, 6) is 1.38. The molecule has 6 nitrogen and oxygen atoms in total. The maximum absolute atomic E-state index is 11.9. The number of rotatable bonds is 7. The first-order valence-corrected chi connectivity index (χ1v) is 8.30. The number of hydrogen-bond donors (Lipinski definition) is 2. The summed E-state index contributed by atoms with van der Waals surface area (Å²) < 4.78 is 5.39. The van der Waals surface area contributed by atoms with Crippen molar-refractivity contribution in [2.75, 3.05) is 17.2 Å². The second-order valence-electron chi connectivity index (χ2n) is 5.73. The highest BCUT2D eigenvalue weighted by molar-refractivity contribution is 5.90. The van der Waals surface area contributed by atoms with Crippen LogP contribution in [0.5, 0.6) is 5.75 Å². The number of benzene rings is 2. The van der Waals surface area contributed by atoms with Crippen LogP contribution in [0.15, 0.2) is 66.7 Å². The Morgan fingerprint density at radius 2 is 1.62 bits per heavy atom. The van der Waals surface area contributed by atoms with Gasteiger partial charge in [0, 0.05) is 6.54 Å². The fourth-order valence-electron chi connectivity index (χ4n) is 2.33. The van der Waals surface area contributed by atoms with Gasteiger partial charge >= 0.3 is 0 Å². The van der Waals surface area contributed by atoms with Crippen molar-refractivity contribution in [1.29, 1.82) is 0 Å². The van der Waals surface area contributed by atoms with Crippen molar-refractivity contribution < 1.29 is 9.53 Å². The lowest BCUT2D eigenvalue weighted by molar-refractivity contribution is -0.118. The lowest BCUT2D eigenvalue weighted by Crippen LogP contribution is -2.21. The van der Waals surface area contributed by atoms with E-state index in [1.165, 1.54) is 11.1 Å². The van der Waals surface area contributed by atoms with Crippen LogP contribution in [0.3, 0.4) is 0 Å². The molecule has 0 bridgehead atoms. The fourth-order valence-corrected chi connectivity index (χ4v) is 2.33. The summed E-state index contributed by atoms with van der Waals surface area (Å²) in [7, 11) is 0. The Hall–Kier alpha value is -3.41. The first kappa shape index (κ1) is 17.4. The molecule has 132 valence electrons. The molecule has 1 amide bonds. The summed E-state index contributed by atoms with van der Waals surface area (Å²) in [6.45, 7) is 2.65. The van der Waals surface area contributed by atoms with Crippen molar-refractivity contribution in [3.63, 3.8) is 0 Å². The van der Waals surface area contributed by atoms with Crippen LogP contribution < -0.4 is 15.4 Å². The van der Waals surface area contributed by atoms with Crippen LogP contribution in [0.4, 0.5) is 11.6 Å². The molecule has 2 aromatic carbocycles. The number of anilines is 2. The highest BCUT2D eigenvalue weighted by Gasteiger charge is 2.06. The van der Waals surface area contributed by atoms with Gasteiger partial charge in [-0.25, -0.2) is 0 Å². The van der Waals surface area contributed by atoms with E-state index < -0.39 is 0 Å². The molecule has 1 heterocycles. The van der Waals surface area contributed by atoms with E-state index in [0.29, 0.717) is 23.9 Å². The van der Waals surface area contributed by atoms with Gasteiger partial charge in [0.1, 0.15) is 11.6 Å². The smallest absolute Gasteiger partial charge is 0.263 e. The molecule has 0 atom stereocenters. The number of ether oxygens (including phenoxy) is 1. The molecular formula is C20H20N4O2. The summed E-state index contributed by atoms with van der Waals surface area (Å²) in [6.07, 6.45) is 0. The van der Waals surface area contributed by atoms with Crippen LogP contribution in [-0.2, 0) is 11.3 Å². The van der Waals surface area contributed by atoms with E-state index >= 15 is 0 Å². The third-order valence-electron chi connectivity index (χ3n) is 3.77. The molecule has 0 unspecified atom stereocenters. The van der Waals surface area contributed by atoms with Gasteiger partial charge in [-0.15, -0.1) is 10.2 Å². The second kappa shape index (κ2) is 8.62. The van der Waals surface area contributed by atoms with Gasteiger partial charge in [0.25, 0.3) is 5.91 Å². The lowest BCUT2D eigenvalue weighted by Gasteiger charge is -2.09. The van der Waals surface area contributed by atoms with Gasteiger partial charge in [0.05, 0.1) is 0 Å². The number of hydrogen-bond acceptors (Lipinski definition) is 5. The van der Waals surface area contributed by atoms with E-state index in [1.54, 1.807) is 24.3 Å². The van der Waals surface area contributed by atoms with Crippen LogP contribution in [0.1, 0.15) is 11.1 Å². The van der Waals surface area contributed by atoms with Crippen molar-refractivity contribution in [3.05, 3.63) is 77.9 Å². The molecule has 26 heavy (non-hydrogen) atoms. The van der Waals surface area contributed by atoms with Crippen LogP contribution in [0.2, 0.25) is 0 Å². The summed E-state index contributed by atoms with van der Waals surface area (Å²) >= 11 is 0. The standard InChI is InChI=1S/C20H20N4O2/c1-15-7-5-6-8-16(15)13-21-18-11-12-19(24-23-18)22-20(25)14-26-17-9-3-2-4-10-17/h2-12H,13-14H2,1H3,(H,21,23)(H,22,24,25). The average molecular weight is 348 g/mol. The van der Waals surface area contributed by atoms with E-state index in [9.17, 15) is 4.79 Å². The minimum absolute atomic E-state index is 0.0843. The number of carbonyl (C=O) groups is 1. The summed E-state index contributed by atoms with van der Waals surface area (Å²) in [5, 5.41) is 14.0. The SMILES string of the molecule is Cc1ccccc1CNc1ccc(NC(=O)COc2ccccc2)nn1. The number of nitrogens with zero attached hydrogens (tertiary/aromatic N) is 2. The summed E-state index contributed by atoms with van der Waals surface area (Å²) in [6, 6.07) is 20.8. The highest BCUT2D eigenvalue weighted by atomic mass is 16.5. The van der Waals surface area contributed by atoms with Crippen LogP contribution in [-0.4, -0.2) is 22.7 Å². The molecule has 3 aromatic rings. The fraction of sp³-hybridized carbons (Fsp3) is 0.150. The van der Waals surface area contributed by atoms with Gasteiger partial charge in [-0.3, -0.25) is 4.79 Å². The number of nitrogens with one attached hydrogen (secondary N) is 2. The molecule has 0 aliphatic carbocycles. The van der Waals surface area contributed by atoms with Crippen molar-refractivity contribution in [1.82, 2.24) is 10.2 Å². The van der Waals surface area contributed by atoms with Crippen LogP contribution in [0.25, 0.3) is 0 Å². The molecule has 1 aromatic heterocycles. The van der Waals surface area contributed by atoms with E-state index in [4.69, 9.17) is 4.74 Å². The molecule has 6 heteroatoms. The molecule has 0 radical (unpaired) electrons. The molecule has 0 saturated heterocycles. The zero-order valence-electron chi connectivity index (χ0n) is 14.5. The molecule has 0 saturated carbocycles. The Morgan fingerprint density at radius 1 is 0.923 bits per heavy atom. The Labute approximate surface area is 152 Å². The third kappa shape index (κ3) is 5.04. The highest BCUT2D eigenvalue weighted by Crippen LogP contribution is 2.12. The van der Waals surface area contributed by atoms with E-state index in [2.05, 4.69) is 39.9 Å². The van der Waals surface area contributed by atoms with Crippen molar-refractivity contribution in [2.45, 2.75) is 13.5 Å². The number of carbonyl (C=O) groups excluding carboxylic acids is 1. The maximum atomic E-state index is 11.9. The normalized spacial score (nSPS) is 10.2. The second-order valence-corrected chi connectivity index (χ2v) is 5.73. The zero-order chi connectivity index (χ0) is 18.2. The first-order valence-electron chi connectivity index (χ1n) is 8.30. The van der Waals surface area contributed by atoms with Gasteiger partial charge in [-0.2, -0.15) is 0 Å². The Bertz CT molecular complexity index is 851. The van der Waals surface area contributed by atoms with Gasteiger partial charge in [0.15, 0.2) is 12.4 Å². The van der Waals surface area contributed by atoms with Gasteiger partial charge < -0.3 is 15.4 Å². The molecule has 2 N–H and O–H groups in total. The van der Waals surface area contributed by atoms with Crippen LogP contribution in [0, 0.1) is 6.92 Å². The first-order chi connectivity index (χ1) is 12.7. The van der Waals surface area contributed by atoms with E-state index in [0.717, 1.165) is 0 Å². The number of aryl methyl sites for hydroxylation is 1. The minimum Gasteiger partial charge on any atom is -0.484 e. The average Bonchev–Trinajstić information content (AvgIpc) is 2.68. The molecular weight excluding hydrogens is 328 g/mol. The van der Waals surface area contributed by atoms with Gasteiger partial charge in [-0.1, -0.05) is 42.5 Å². The molecule has 0 aliphatic heterocycles. The van der Waals surface area contributed by atoms with Gasteiger partial charge in [-0.05, 0) is 42.3 Å². The van der Waals surface area contributed by atoms with Crippen LogP contribution >= 0.6 is 0 Å². The lowest BCUT2D eigenvalue weighted by atomic mass is 10.1. The quantitative estimate of drug-likeness (QED) is 0.684. The predicted molar refractivity (Wildman–Crippen MR) is 101 cm³/mol. The Balaban J connectivity index is 1.48. The Kier molecular flexibility index (Phi) is 5.77. The summed E-state index contributed by atoms with van der Waals surface area (Å²) in [4.78, 5) is 11.9. The Morgan fingerprint density at radius 3 is 2.35 bits per heavy atom. The third-order valence-corrected chi connectivity index (χ3v) is 3.77.